The number of hydrogen-bond donors (Lipinski definition) is 2. The molecule has 1 aliphatic rings. The summed E-state index contributed by atoms with van der Waals surface area (Å²) in [5, 5.41) is 2.80. The fourth-order valence-corrected chi connectivity index (χ4v) is 1.74. The Morgan fingerprint density at radius 2 is 2.33 bits per heavy atom. The molecule has 1 rings (SSSR count). The van der Waals surface area contributed by atoms with Crippen LogP contribution >= 0.6 is 0 Å². The van der Waals surface area contributed by atoms with E-state index in [0.717, 1.165) is 6.08 Å². The summed E-state index contributed by atoms with van der Waals surface area (Å²) < 4.78 is 35.5. The second-order valence-electron chi connectivity index (χ2n) is 2.52. The molecule has 0 aromatic heterocycles. The van der Waals surface area contributed by atoms with Crippen molar-refractivity contribution >= 4 is 10.1 Å². The monoisotopic (exact) mass is 193 g/mol. The van der Waals surface area contributed by atoms with Crippen molar-refractivity contribution in [2.24, 2.45) is 0 Å². The molecule has 0 spiro atoms. The molecular weight excluding hydrogens is 182 g/mol. The van der Waals surface area contributed by atoms with Crippen molar-refractivity contribution in [1.29, 1.82) is 0 Å². The molecule has 0 bridgehead atoms. The van der Waals surface area contributed by atoms with Crippen LogP contribution in [0.3, 0.4) is 0 Å². The molecule has 12 heavy (non-hydrogen) atoms. The summed E-state index contributed by atoms with van der Waals surface area (Å²) in [4.78, 5) is -1.66. The zero-order chi connectivity index (χ0) is 9.24. The van der Waals surface area contributed by atoms with Gasteiger partial charge in [0.1, 0.15) is 0 Å². The first-order chi connectivity index (χ1) is 5.52. The summed E-state index contributed by atoms with van der Waals surface area (Å²) in [6, 6.07) is 0. The van der Waals surface area contributed by atoms with Gasteiger partial charge in [0, 0.05) is 13.1 Å². The van der Waals surface area contributed by atoms with Crippen molar-refractivity contribution in [3.8, 4) is 0 Å². The van der Waals surface area contributed by atoms with E-state index in [1.54, 1.807) is 0 Å². The van der Waals surface area contributed by atoms with Gasteiger partial charge in [-0.25, -0.2) is 0 Å². The van der Waals surface area contributed by atoms with Gasteiger partial charge in [-0.2, -0.15) is 8.42 Å². The van der Waals surface area contributed by atoms with Crippen LogP contribution in [0.4, 0.5) is 0 Å². The molecule has 1 aliphatic heterocycles. The van der Waals surface area contributed by atoms with E-state index < -0.39 is 15.1 Å². The molecule has 0 aromatic rings. The van der Waals surface area contributed by atoms with Gasteiger partial charge in [0.05, 0.1) is 6.61 Å². The van der Waals surface area contributed by atoms with Crippen molar-refractivity contribution in [2.45, 2.75) is 4.93 Å². The third kappa shape index (κ3) is 1.51. The first-order valence-electron chi connectivity index (χ1n) is 3.47. The number of ether oxygens (including phenoxy) is 1. The largest absolute Gasteiger partial charge is 0.351 e. The zero-order valence-electron chi connectivity index (χ0n) is 6.49. The van der Waals surface area contributed by atoms with E-state index in [-0.39, 0.29) is 13.2 Å². The first-order valence-corrected chi connectivity index (χ1v) is 4.91. The molecule has 0 amide bonds. The maximum Gasteiger partial charge on any atom is 0.300 e. The van der Waals surface area contributed by atoms with Crippen LogP contribution in [0.15, 0.2) is 12.7 Å². The van der Waals surface area contributed by atoms with Crippen LogP contribution in [-0.4, -0.2) is 37.6 Å². The van der Waals surface area contributed by atoms with Crippen LogP contribution in [-0.2, 0) is 14.9 Å². The first kappa shape index (κ1) is 9.66. The molecule has 2 N–H and O–H groups in total. The summed E-state index contributed by atoms with van der Waals surface area (Å²) in [6.07, 6.45) is 1.09. The minimum atomic E-state index is -4.24. The average Bonchev–Trinajstić information content (AvgIpc) is 2.04. The summed E-state index contributed by atoms with van der Waals surface area (Å²) in [6.45, 7) is 4.17. The molecule has 0 aliphatic carbocycles. The van der Waals surface area contributed by atoms with Gasteiger partial charge in [-0.15, -0.1) is 0 Å². The Morgan fingerprint density at radius 3 is 2.58 bits per heavy atom. The standard InChI is InChI=1S/C6H11NO4S/c1-2-6(12(8,9)10)5-7-3-4-11-6/h2,7H,1,3-5H2,(H,8,9,10). The third-order valence-corrected chi connectivity index (χ3v) is 3.05. The van der Waals surface area contributed by atoms with Crippen molar-refractivity contribution in [3.63, 3.8) is 0 Å². The Morgan fingerprint density at radius 1 is 1.67 bits per heavy atom. The Hall–Kier alpha value is -0.430. The lowest BCUT2D eigenvalue weighted by Crippen LogP contribution is -2.53. The van der Waals surface area contributed by atoms with Crippen molar-refractivity contribution in [3.05, 3.63) is 12.7 Å². The molecule has 1 saturated heterocycles. The molecule has 0 radical (unpaired) electrons. The van der Waals surface area contributed by atoms with Crippen LogP contribution in [0.25, 0.3) is 0 Å². The molecule has 5 nitrogen and oxygen atoms in total. The number of hydrogen-bond acceptors (Lipinski definition) is 4. The predicted octanol–water partition coefficient (Wildman–Crippen LogP) is -0.624. The fourth-order valence-electron chi connectivity index (χ4n) is 1.01. The summed E-state index contributed by atoms with van der Waals surface area (Å²) in [5.41, 5.74) is 0. The summed E-state index contributed by atoms with van der Waals surface area (Å²) >= 11 is 0. The Kier molecular flexibility index (Phi) is 2.52. The fraction of sp³-hybridized carbons (Fsp3) is 0.667. The normalized spacial score (nSPS) is 31.4. The molecule has 1 fully saturated rings. The van der Waals surface area contributed by atoms with Gasteiger partial charge >= 0.3 is 0 Å². The van der Waals surface area contributed by atoms with E-state index in [1.165, 1.54) is 0 Å². The van der Waals surface area contributed by atoms with Crippen LogP contribution in [0, 0.1) is 0 Å². The van der Waals surface area contributed by atoms with Crippen molar-refractivity contribution < 1.29 is 17.7 Å². The maximum atomic E-state index is 10.9. The van der Waals surface area contributed by atoms with E-state index >= 15 is 0 Å². The van der Waals surface area contributed by atoms with E-state index in [1.807, 2.05) is 0 Å². The maximum absolute atomic E-state index is 10.9. The number of morpholine rings is 1. The van der Waals surface area contributed by atoms with Crippen molar-refractivity contribution in [2.75, 3.05) is 19.7 Å². The van der Waals surface area contributed by atoms with Gasteiger partial charge in [0.15, 0.2) is 0 Å². The number of rotatable bonds is 2. The van der Waals surface area contributed by atoms with Gasteiger partial charge in [0.2, 0.25) is 4.93 Å². The van der Waals surface area contributed by atoms with Gasteiger partial charge in [-0.1, -0.05) is 6.58 Å². The molecule has 0 saturated carbocycles. The van der Waals surface area contributed by atoms with Crippen LogP contribution in [0.2, 0.25) is 0 Å². The van der Waals surface area contributed by atoms with E-state index in [2.05, 4.69) is 11.9 Å². The molecular formula is C6H11NO4S. The van der Waals surface area contributed by atoms with Gasteiger partial charge in [0.25, 0.3) is 10.1 Å². The number of nitrogens with one attached hydrogen (secondary N) is 1. The molecule has 70 valence electrons. The van der Waals surface area contributed by atoms with Gasteiger partial charge < -0.3 is 10.1 Å². The Labute approximate surface area is 71.2 Å². The zero-order valence-corrected chi connectivity index (χ0v) is 7.30. The molecule has 1 atom stereocenters. The van der Waals surface area contributed by atoms with Crippen molar-refractivity contribution in [1.82, 2.24) is 5.32 Å². The van der Waals surface area contributed by atoms with Gasteiger partial charge in [-0.05, 0) is 6.08 Å². The molecule has 1 heterocycles. The quantitative estimate of drug-likeness (QED) is 0.451. The highest BCUT2D eigenvalue weighted by Gasteiger charge is 2.42. The molecule has 1 unspecified atom stereocenters. The van der Waals surface area contributed by atoms with Gasteiger partial charge in [-0.3, -0.25) is 4.55 Å². The summed E-state index contributed by atoms with van der Waals surface area (Å²) in [5.74, 6) is 0. The van der Waals surface area contributed by atoms with E-state index in [4.69, 9.17) is 9.29 Å². The second kappa shape index (κ2) is 3.14. The predicted molar refractivity (Wildman–Crippen MR) is 43.3 cm³/mol. The highest BCUT2D eigenvalue weighted by Crippen LogP contribution is 2.20. The lowest BCUT2D eigenvalue weighted by atomic mass is 10.3. The van der Waals surface area contributed by atoms with E-state index in [0.29, 0.717) is 6.54 Å². The van der Waals surface area contributed by atoms with Crippen LogP contribution in [0.5, 0.6) is 0 Å². The smallest absolute Gasteiger partial charge is 0.300 e. The SMILES string of the molecule is C=CC1(S(=O)(=O)O)CNCCO1. The minimum absolute atomic E-state index is 0.0370. The molecule has 6 heteroatoms. The Bertz CT molecular complexity index is 265. The highest BCUT2D eigenvalue weighted by atomic mass is 32.2. The highest BCUT2D eigenvalue weighted by molar-refractivity contribution is 7.87. The second-order valence-corrected chi connectivity index (χ2v) is 4.16. The lowest BCUT2D eigenvalue weighted by Gasteiger charge is -2.31. The summed E-state index contributed by atoms with van der Waals surface area (Å²) in [7, 11) is -4.24. The van der Waals surface area contributed by atoms with Crippen LogP contribution in [0.1, 0.15) is 0 Å². The Balaban J connectivity index is 2.96. The van der Waals surface area contributed by atoms with E-state index in [9.17, 15) is 8.42 Å². The third-order valence-electron chi connectivity index (χ3n) is 1.74. The van der Waals surface area contributed by atoms with Crippen LogP contribution < -0.4 is 5.32 Å². The average molecular weight is 193 g/mol. The topological polar surface area (TPSA) is 75.6 Å². The lowest BCUT2D eigenvalue weighted by molar-refractivity contribution is 0.0216. The molecule has 0 aromatic carbocycles. The minimum Gasteiger partial charge on any atom is -0.351 e.